The van der Waals surface area contributed by atoms with Gasteiger partial charge < -0.3 is 5.73 Å². The molecule has 4 rings (SSSR count). The molecule has 3 aromatic heterocycles. The molecule has 3 heterocycles. The van der Waals surface area contributed by atoms with E-state index < -0.39 is 5.91 Å². The molecular weight excluding hydrogens is 350 g/mol. The van der Waals surface area contributed by atoms with Gasteiger partial charge in [0, 0.05) is 17.3 Å². The summed E-state index contributed by atoms with van der Waals surface area (Å²) >= 11 is 5.97. The zero-order chi connectivity index (χ0) is 18.1. The van der Waals surface area contributed by atoms with Gasteiger partial charge in [-0.1, -0.05) is 23.7 Å². The maximum absolute atomic E-state index is 11.3. The highest BCUT2D eigenvalue weighted by Gasteiger charge is 2.09. The Labute approximate surface area is 154 Å². The van der Waals surface area contributed by atoms with Gasteiger partial charge in [-0.25, -0.2) is 14.5 Å². The predicted octanol–water partition coefficient (Wildman–Crippen LogP) is 3.13. The molecule has 0 aliphatic rings. The molecule has 128 valence electrons. The first-order chi connectivity index (χ1) is 12.6. The molecule has 0 aliphatic carbocycles. The van der Waals surface area contributed by atoms with Crippen LogP contribution in [-0.4, -0.2) is 25.5 Å². The molecule has 0 saturated carbocycles. The van der Waals surface area contributed by atoms with Crippen LogP contribution in [0.3, 0.4) is 0 Å². The van der Waals surface area contributed by atoms with Crippen LogP contribution < -0.4 is 5.73 Å². The molecule has 0 spiro atoms. The van der Waals surface area contributed by atoms with E-state index in [1.807, 2.05) is 24.3 Å². The van der Waals surface area contributed by atoms with Gasteiger partial charge in [-0.05, 0) is 47.9 Å². The third kappa shape index (κ3) is 3.14. The molecule has 2 N–H and O–H groups in total. The number of aromatic nitrogens is 4. The van der Waals surface area contributed by atoms with Crippen molar-refractivity contribution >= 4 is 23.2 Å². The molecular formula is C19H14ClN5O. The van der Waals surface area contributed by atoms with Crippen molar-refractivity contribution in [3.63, 3.8) is 0 Å². The summed E-state index contributed by atoms with van der Waals surface area (Å²) in [7, 11) is 0. The monoisotopic (exact) mass is 363 g/mol. The van der Waals surface area contributed by atoms with E-state index in [9.17, 15) is 4.79 Å². The van der Waals surface area contributed by atoms with Crippen molar-refractivity contribution in [3.8, 4) is 11.3 Å². The Bertz CT molecular complexity index is 1120. The Morgan fingerprint density at radius 3 is 2.77 bits per heavy atom. The zero-order valence-corrected chi connectivity index (χ0v) is 14.4. The number of nitrogens with zero attached hydrogens (tertiary/aromatic N) is 4. The number of primary amides is 1. The Hall–Kier alpha value is -3.25. The van der Waals surface area contributed by atoms with Crippen LogP contribution in [0.1, 0.15) is 21.5 Å². The zero-order valence-electron chi connectivity index (χ0n) is 13.6. The van der Waals surface area contributed by atoms with Crippen LogP contribution >= 0.6 is 11.6 Å². The largest absolute Gasteiger partial charge is 0.366 e. The lowest BCUT2D eigenvalue weighted by Crippen LogP contribution is -2.11. The quantitative estimate of drug-likeness (QED) is 0.564. The second kappa shape index (κ2) is 6.57. The van der Waals surface area contributed by atoms with Gasteiger partial charge in [-0.3, -0.25) is 4.79 Å². The smallest absolute Gasteiger partial charge is 0.248 e. The second-order valence-electron chi connectivity index (χ2n) is 5.89. The van der Waals surface area contributed by atoms with Gasteiger partial charge in [0.25, 0.3) is 0 Å². The minimum atomic E-state index is -0.436. The molecule has 26 heavy (non-hydrogen) atoms. The lowest BCUT2D eigenvalue weighted by molar-refractivity contribution is 0.1000. The fraction of sp³-hybridized carbons (Fsp3) is 0.0526. The van der Waals surface area contributed by atoms with Crippen molar-refractivity contribution < 1.29 is 4.79 Å². The van der Waals surface area contributed by atoms with Crippen molar-refractivity contribution in [3.05, 3.63) is 82.9 Å². The Morgan fingerprint density at radius 2 is 1.96 bits per heavy atom. The first-order valence-electron chi connectivity index (χ1n) is 7.93. The molecule has 7 heteroatoms. The van der Waals surface area contributed by atoms with E-state index in [4.69, 9.17) is 17.3 Å². The van der Waals surface area contributed by atoms with Crippen LogP contribution in [0.2, 0.25) is 5.15 Å². The van der Waals surface area contributed by atoms with Crippen molar-refractivity contribution in [1.82, 2.24) is 19.6 Å². The van der Waals surface area contributed by atoms with Crippen LogP contribution in [0, 0.1) is 0 Å². The molecule has 0 unspecified atom stereocenters. The molecule has 0 aliphatic heterocycles. The van der Waals surface area contributed by atoms with E-state index in [1.54, 1.807) is 41.3 Å². The molecule has 0 atom stereocenters. The number of pyridine rings is 1. The second-order valence-corrected chi connectivity index (χ2v) is 6.27. The van der Waals surface area contributed by atoms with Crippen LogP contribution in [0.15, 0.2) is 61.1 Å². The van der Waals surface area contributed by atoms with Gasteiger partial charge in [0.15, 0.2) is 5.65 Å². The summed E-state index contributed by atoms with van der Waals surface area (Å²) in [5, 5.41) is 4.92. The van der Waals surface area contributed by atoms with Crippen molar-refractivity contribution in [1.29, 1.82) is 0 Å². The number of halogens is 1. The maximum atomic E-state index is 11.3. The fourth-order valence-corrected chi connectivity index (χ4v) is 3.01. The number of nitrogens with two attached hydrogens (primary N) is 1. The van der Waals surface area contributed by atoms with Crippen molar-refractivity contribution in [2.75, 3.05) is 0 Å². The van der Waals surface area contributed by atoms with Crippen LogP contribution in [0.4, 0.5) is 0 Å². The maximum Gasteiger partial charge on any atom is 0.248 e. The standard InChI is InChI=1S/C19H14ClN5O/c20-17-9-14(4-5-22-17)16-11-23-18-8-13(10-24-25(16)18)6-12-2-1-3-15(7-12)19(21)26/h1-5,7-11H,6H2,(H2,21,26). The van der Waals surface area contributed by atoms with Crippen LogP contribution in [-0.2, 0) is 6.42 Å². The van der Waals surface area contributed by atoms with E-state index in [0.717, 1.165) is 28.0 Å². The number of fused-ring (bicyclic) bond motifs is 1. The molecule has 6 nitrogen and oxygen atoms in total. The summed E-state index contributed by atoms with van der Waals surface area (Å²) in [4.78, 5) is 19.8. The SMILES string of the molecule is NC(=O)c1cccc(Cc2cnn3c(-c4ccnc(Cl)c4)cnc3c2)c1. The number of amides is 1. The van der Waals surface area contributed by atoms with Crippen molar-refractivity contribution in [2.24, 2.45) is 5.73 Å². The van der Waals surface area contributed by atoms with E-state index in [1.165, 1.54) is 0 Å². The summed E-state index contributed by atoms with van der Waals surface area (Å²) in [5.74, 6) is -0.436. The Morgan fingerprint density at radius 1 is 1.08 bits per heavy atom. The fourth-order valence-electron chi connectivity index (χ4n) is 2.84. The summed E-state index contributed by atoms with van der Waals surface area (Å²) in [6, 6.07) is 12.9. The summed E-state index contributed by atoms with van der Waals surface area (Å²) in [5.41, 5.74) is 10.3. The molecule has 0 fully saturated rings. The summed E-state index contributed by atoms with van der Waals surface area (Å²) < 4.78 is 1.76. The number of imidazole rings is 1. The van der Waals surface area contributed by atoms with Gasteiger partial charge in [-0.15, -0.1) is 0 Å². The Kier molecular flexibility index (Phi) is 4.10. The normalized spacial score (nSPS) is 11.0. The lowest BCUT2D eigenvalue weighted by atomic mass is 10.0. The third-order valence-corrected chi connectivity index (χ3v) is 4.27. The topological polar surface area (TPSA) is 86.2 Å². The van der Waals surface area contributed by atoms with Gasteiger partial charge >= 0.3 is 0 Å². The molecule has 4 aromatic rings. The number of carbonyl (C=O) groups is 1. The molecule has 1 amide bonds. The van der Waals surface area contributed by atoms with Crippen LogP contribution in [0.25, 0.3) is 16.9 Å². The number of benzene rings is 1. The van der Waals surface area contributed by atoms with Gasteiger partial charge in [0.05, 0.1) is 18.1 Å². The minimum Gasteiger partial charge on any atom is -0.366 e. The summed E-state index contributed by atoms with van der Waals surface area (Å²) in [6.45, 7) is 0. The predicted molar refractivity (Wildman–Crippen MR) is 99.0 cm³/mol. The van der Waals surface area contributed by atoms with Crippen LogP contribution in [0.5, 0.6) is 0 Å². The highest BCUT2D eigenvalue weighted by Crippen LogP contribution is 2.22. The van der Waals surface area contributed by atoms with E-state index in [0.29, 0.717) is 17.1 Å². The molecule has 0 saturated heterocycles. The first-order valence-corrected chi connectivity index (χ1v) is 8.31. The molecule has 0 radical (unpaired) electrons. The molecule has 0 bridgehead atoms. The Balaban J connectivity index is 1.67. The number of carbonyl (C=O) groups excluding carboxylic acids is 1. The van der Waals surface area contributed by atoms with Gasteiger partial charge in [0.1, 0.15) is 5.15 Å². The number of hydrogen-bond donors (Lipinski definition) is 1. The first kappa shape index (κ1) is 16.2. The van der Waals surface area contributed by atoms with Gasteiger partial charge in [-0.2, -0.15) is 5.10 Å². The van der Waals surface area contributed by atoms with E-state index >= 15 is 0 Å². The van der Waals surface area contributed by atoms with E-state index in [2.05, 4.69) is 15.1 Å². The summed E-state index contributed by atoms with van der Waals surface area (Å²) in [6.07, 6.45) is 5.83. The highest BCUT2D eigenvalue weighted by atomic mass is 35.5. The van der Waals surface area contributed by atoms with E-state index in [-0.39, 0.29) is 0 Å². The third-order valence-electron chi connectivity index (χ3n) is 4.06. The van der Waals surface area contributed by atoms with Gasteiger partial charge in [0.2, 0.25) is 5.91 Å². The lowest BCUT2D eigenvalue weighted by Gasteiger charge is -2.05. The average Bonchev–Trinajstić information content (AvgIpc) is 3.05. The van der Waals surface area contributed by atoms with Crippen molar-refractivity contribution in [2.45, 2.75) is 6.42 Å². The average molecular weight is 364 g/mol. The number of rotatable bonds is 4. The minimum absolute atomic E-state index is 0.420. The number of hydrogen-bond acceptors (Lipinski definition) is 4. The molecule has 1 aromatic carbocycles. The highest BCUT2D eigenvalue weighted by molar-refractivity contribution is 6.29.